The van der Waals surface area contributed by atoms with Crippen molar-refractivity contribution in [3.8, 4) is 0 Å². The fourth-order valence-corrected chi connectivity index (χ4v) is 6.49. The number of rotatable bonds is 8. The second-order valence-electron chi connectivity index (χ2n) is 11.7. The molecule has 0 bridgehead atoms. The van der Waals surface area contributed by atoms with E-state index < -0.39 is 17.7 Å². The summed E-state index contributed by atoms with van der Waals surface area (Å²) < 4.78 is 41.9. The first kappa shape index (κ1) is 28.2. The number of carbonyl (C=O) groups is 1. The Kier molecular flexibility index (Phi) is 7.64. The minimum atomic E-state index is -4.42. The first-order valence-corrected chi connectivity index (χ1v) is 14.7. The third-order valence-electron chi connectivity index (χ3n) is 8.99. The molecule has 2 N–H and O–H groups in total. The van der Waals surface area contributed by atoms with Crippen molar-refractivity contribution in [2.45, 2.75) is 82.5 Å². The maximum Gasteiger partial charge on any atom is 0.416 e. The number of alkyl halides is 3. The van der Waals surface area contributed by atoms with E-state index in [1.165, 1.54) is 17.7 Å². The summed E-state index contributed by atoms with van der Waals surface area (Å²) in [5, 5.41) is 13.3. The summed E-state index contributed by atoms with van der Waals surface area (Å²) >= 11 is 0. The van der Waals surface area contributed by atoms with E-state index in [0.29, 0.717) is 22.8 Å². The Morgan fingerprint density at radius 3 is 2.26 bits per heavy atom. The van der Waals surface area contributed by atoms with Gasteiger partial charge in [-0.1, -0.05) is 61.7 Å². The summed E-state index contributed by atoms with van der Waals surface area (Å²) in [6, 6.07) is 15.5. The van der Waals surface area contributed by atoms with Crippen LogP contribution in [-0.4, -0.2) is 36.6 Å². The van der Waals surface area contributed by atoms with E-state index in [9.17, 15) is 23.1 Å². The molecule has 0 saturated heterocycles. The summed E-state index contributed by atoms with van der Waals surface area (Å²) in [5.74, 6) is 0.254. The molecule has 2 aromatic heterocycles. The number of carboxylic acid groups (broad SMARTS) is 1. The van der Waals surface area contributed by atoms with E-state index >= 15 is 0 Å². The van der Waals surface area contributed by atoms with Gasteiger partial charge < -0.3 is 15.0 Å². The minimum Gasteiger partial charge on any atom is -0.475 e. The van der Waals surface area contributed by atoms with E-state index in [2.05, 4.69) is 34.3 Å². The molecule has 0 spiro atoms. The number of fused-ring (bicyclic) bond motifs is 1. The zero-order valence-corrected chi connectivity index (χ0v) is 23.4. The van der Waals surface area contributed by atoms with Crippen LogP contribution in [0.3, 0.4) is 0 Å². The summed E-state index contributed by atoms with van der Waals surface area (Å²) in [4.78, 5) is 25.8. The monoisotopic (exact) mass is 577 g/mol. The van der Waals surface area contributed by atoms with Gasteiger partial charge in [0.25, 0.3) is 0 Å². The van der Waals surface area contributed by atoms with E-state index in [1.807, 2.05) is 22.8 Å². The number of benzene rings is 2. The molecule has 2 heterocycles. The van der Waals surface area contributed by atoms with Crippen molar-refractivity contribution < 1.29 is 23.1 Å². The Morgan fingerprint density at radius 2 is 1.64 bits per heavy atom. The number of hydrogen-bond donors (Lipinski definition) is 2. The summed E-state index contributed by atoms with van der Waals surface area (Å²) in [6.45, 7) is 2.33. The molecule has 42 heavy (non-hydrogen) atoms. The quantitative estimate of drug-likeness (QED) is 0.224. The molecule has 2 fully saturated rings. The molecule has 2 saturated carbocycles. The van der Waals surface area contributed by atoms with Crippen LogP contribution in [0.1, 0.15) is 96.8 Å². The number of anilines is 1. The number of halogens is 3. The third kappa shape index (κ3) is 5.58. The number of carboxylic acids is 1. The predicted octanol–water partition coefficient (Wildman–Crippen LogP) is 7.63. The number of aromatic carboxylic acids is 1. The fourth-order valence-electron chi connectivity index (χ4n) is 6.49. The van der Waals surface area contributed by atoms with Crippen LogP contribution in [0.15, 0.2) is 54.6 Å². The molecule has 3 atom stereocenters. The van der Waals surface area contributed by atoms with Crippen molar-refractivity contribution in [1.29, 1.82) is 0 Å². The smallest absolute Gasteiger partial charge is 0.416 e. The highest BCUT2D eigenvalue weighted by molar-refractivity contribution is 5.91. The van der Waals surface area contributed by atoms with Crippen molar-refractivity contribution in [2.75, 3.05) is 5.32 Å². The lowest BCUT2D eigenvalue weighted by atomic mass is 9.75. The number of nitrogens with zero attached hydrogens (tertiary/aromatic N) is 4. The van der Waals surface area contributed by atoms with Crippen molar-refractivity contribution in [1.82, 2.24) is 19.5 Å². The number of nitrogens with one attached hydrogen (secondary N) is 1. The van der Waals surface area contributed by atoms with Crippen LogP contribution in [0, 0.1) is 5.92 Å². The van der Waals surface area contributed by atoms with Crippen LogP contribution in [0.2, 0.25) is 0 Å². The molecule has 4 aromatic rings. The van der Waals surface area contributed by atoms with E-state index in [-0.39, 0.29) is 35.9 Å². The average Bonchev–Trinajstić information content (AvgIpc) is 3.30. The van der Waals surface area contributed by atoms with Gasteiger partial charge in [-0.3, -0.25) is 0 Å². The van der Waals surface area contributed by atoms with Crippen LogP contribution in [0.25, 0.3) is 11.2 Å². The molecule has 10 heteroatoms. The van der Waals surface area contributed by atoms with E-state index in [0.717, 1.165) is 62.9 Å². The SMILES string of the molecule is CC(Nc1nc(C(=O)O)nc2nc(C3CCCCC3c3ccccc3)n(Cc3ccc(C(F)(F)F)cc3)c12)C1CCC1. The third-order valence-corrected chi connectivity index (χ3v) is 8.99. The molecule has 0 radical (unpaired) electrons. The Labute approximate surface area is 242 Å². The highest BCUT2D eigenvalue weighted by Crippen LogP contribution is 2.45. The van der Waals surface area contributed by atoms with Crippen molar-refractivity contribution in [3.63, 3.8) is 0 Å². The number of aromatic nitrogens is 4. The molecule has 6 rings (SSSR count). The van der Waals surface area contributed by atoms with Crippen molar-refractivity contribution in [3.05, 3.63) is 82.9 Å². The fraction of sp³-hybridized carbons (Fsp3) is 0.438. The standard InChI is InChI=1S/C32H34F3N5O2/c1-19(21-10-7-11-21)36-27-26-28(38-29(37-27)31(41)42)39-30(25-13-6-5-12-24(25)22-8-3-2-4-9-22)40(26)18-20-14-16-23(17-15-20)32(33,34)35/h2-4,8-9,14-17,19,21,24-25H,5-7,10-13,18H2,1H3,(H,41,42)(H,36,37,38). The molecular formula is C32H34F3N5O2. The maximum absolute atomic E-state index is 13.3. The van der Waals surface area contributed by atoms with Gasteiger partial charge in [0.05, 0.1) is 5.56 Å². The van der Waals surface area contributed by atoms with E-state index in [1.54, 1.807) is 0 Å². The van der Waals surface area contributed by atoms with Gasteiger partial charge in [-0.2, -0.15) is 13.2 Å². The molecule has 7 nitrogen and oxygen atoms in total. The Hall–Kier alpha value is -3.95. The maximum atomic E-state index is 13.3. The predicted molar refractivity (Wildman–Crippen MR) is 154 cm³/mol. The molecule has 2 aliphatic rings. The average molecular weight is 578 g/mol. The largest absolute Gasteiger partial charge is 0.475 e. The van der Waals surface area contributed by atoms with Gasteiger partial charge in [0.15, 0.2) is 11.5 Å². The molecule has 2 aromatic carbocycles. The van der Waals surface area contributed by atoms with Gasteiger partial charge in [0, 0.05) is 18.5 Å². The van der Waals surface area contributed by atoms with E-state index in [4.69, 9.17) is 4.98 Å². The number of imidazole rings is 1. The van der Waals surface area contributed by atoms with Gasteiger partial charge in [0.2, 0.25) is 5.82 Å². The first-order chi connectivity index (χ1) is 20.2. The summed E-state index contributed by atoms with van der Waals surface area (Å²) in [6.07, 6.45) is 2.89. The lowest BCUT2D eigenvalue weighted by Gasteiger charge is -2.33. The highest BCUT2D eigenvalue weighted by atomic mass is 19.4. The highest BCUT2D eigenvalue weighted by Gasteiger charge is 2.34. The molecule has 0 aliphatic heterocycles. The molecule has 3 unspecified atom stereocenters. The van der Waals surface area contributed by atoms with Crippen molar-refractivity contribution in [2.24, 2.45) is 5.92 Å². The van der Waals surface area contributed by atoms with Gasteiger partial charge in [0.1, 0.15) is 11.3 Å². The topological polar surface area (TPSA) is 92.9 Å². The van der Waals surface area contributed by atoms with Gasteiger partial charge in [-0.25, -0.2) is 19.7 Å². The molecular weight excluding hydrogens is 543 g/mol. The van der Waals surface area contributed by atoms with Gasteiger partial charge in [-0.05, 0) is 67.7 Å². The van der Waals surface area contributed by atoms with Crippen LogP contribution >= 0.6 is 0 Å². The second-order valence-corrected chi connectivity index (χ2v) is 11.7. The minimum absolute atomic E-state index is 0.0231. The lowest BCUT2D eigenvalue weighted by Crippen LogP contribution is -2.31. The molecule has 0 amide bonds. The zero-order valence-electron chi connectivity index (χ0n) is 23.4. The van der Waals surface area contributed by atoms with Crippen LogP contribution in [-0.2, 0) is 12.7 Å². The van der Waals surface area contributed by atoms with Crippen LogP contribution in [0.5, 0.6) is 0 Å². The molecule has 220 valence electrons. The Morgan fingerprint density at radius 1 is 0.952 bits per heavy atom. The van der Waals surface area contributed by atoms with Crippen molar-refractivity contribution >= 4 is 23.0 Å². The van der Waals surface area contributed by atoms with Gasteiger partial charge >= 0.3 is 12.1 Å². The normalized spacial score (nSPS) is 20.3. The summed E-state index contributed by atoms with van der Waals surface area (Å²) in [5.41, 5.74) is 2.05. The van der Waals surface area contributed by atoms with Crippen LogP contribution in [0.4, 0.5) is 19.0 Å². The lowest BCUT2D eigenvalue weighted by molar-refractivity contribution is -0.137. The van der Waals surface area contributed by atoms with Crippen LogP contribution < -0.4 is 5.32 Å². The Bertz CT molecular complexity index is 1570. The van der Waals surface area contributed by atoms with Gasteiger partial charge in [-0.15, -0.1) is 0 Å². The molecule has 2 aliphatic carbocycles. The first-order valence-electron chi connectivity index (χ1n) is 14.7. The second kappa shape index (κ2) is 11.4. The zero-order chi connectivity index (χ0) is 29.4. The number of hydrogen-bond acceptors (Lipinski definition) is 5. The Balaban J connectivity index is 1.51. The summed E-state index contributed by atoms with van der Waals surface area (Å²) in [7, 11) is 0.